The van der Waals surface area contributed by atoms with Crippen molar-refractivity contribution in [1.82, 2.24) is 4.98 Å². The van der Waals surface area contributed by atoms with Crippen LogP contribution >= 0.6 is 12.2 Å². The second-order valence-corrected chi connectivity index (χ2v) is 1.72. The first-order valence-corrected chi connectivity index (χ1v) is 3.11. The van der Waals surface area contributed by atoms with E-state index in [1.54, 1.807) is 0 Å². The Balaban J connectivity index is 3.58. The van der Waals surface area contributed by atoms with Gasteiger partial charge in [-0.3, -0.25) is 0 Å². The second kappa shape index (κ2) is 3.96. The van der Waals surface area contributed by atoms with Crippen molar-refractivity contribution in [2.24, 2.45) is 4.99 Å². The minimum Gasteiger partial charge on any atom is -0.233 e. The Morgan fingerprint density at radius 1 is 2.00 bits per heavy atom. The molecular formula is C8H8N2S. The van der Waals surface area contributed by atoms with Crippen LogP contribution in [0.4, 0.5) is 5.82 Å². The van der Waals surface area contributed by atoms with Crippen molar-refractivity contribution >= 4 is 23.2 Å². The van der Waals surface area contributed by atoms with Gasteiger partial charge in [-0.1, -0.05) is 12.9 Å². The lowest BCUT2D eigenvalue weighted by atomic mass is 10.3. The molecule has 1 heterocycles. The molecule has 2 nitrogen and oxygen atoms in total. The standard InChI is InChI=1S/C8H8N2S/c1-2-7-4-3-5-8(10-7)9-6-11/h3-5H,2H2,1H3/i1D,2D2,3D,4D,5D. The van der Waals surface area contributed by atoms with Crippen LogP contribution in [0.15, 0.2) is 23.1 Å². The molecule has 0 saturated carbocycles. The van der Waals surface area contributed by atoms with Gasteiger partial charge in [-0.25, -0.2) is 4.98 Å². The van der Waals surface area contributed by atoms with Crippen molar-refractivity contribution in [2.45, 2.75) is 13.3 Å². The maximum absolute atomic E-state index is 7.54. The summed E-state index contributed by atoms with van der Waals surface area (Å²) in [7, 11) is 0. The Kier molecular flexibility index (Phi) is 1.13. The van der Waals surface area contributed by atoms with Gasteiger partial charge in [0.15, 0.2) is 5.82 Å². The van der Waals surface area contributed by atoms with E-state index in [0.717, 1.165) is 0 Å². The second-order valence-electron chi connectivity index (χ2n) is 1.54. The predicted octanol–water partition coefficient (Wildman–Crippen LogP) is 2.38. The van der Waals surface area contributed by atoms with E-state index in [1.165, 1.54) is 0 Å². The predicted molar refractivity (Wildman–Crippen MR) is 48.3 cm³/mol. The third kappa shape index (κ3) is 2.22. The molecule has 0 spiro atoms. The minimum atomic E-state index is -2.16. The Labute approximate surface area is 79.4 Å². The van der Waals surface area contributed by atoms with E-state index in [2.05, 4.69) is 22.2 Å². The zero-order valence-corrected chi connectivity index (χ0v) is 6.33. The molecule has 0 aliphatic carbocycles. The first kappa shape index (κ1) is 3.13. The molecule has 0 atom stereocenters. The van der Waals surface area contributed by atoms with Crippen LogP contribution in [0.2, 0.25) is 0 Å². The van der Waals surface area contributed by atoms with Crippen molar-refractivity contribution in [3.63, 3.8) is 0 Å². The van der Waals surface area contributed by atoms with Gasteiger partial charge >= 0.3 is 0 Å². The summed E-state index contributed by atoms with van der Waals surface area (Å²) < 4.78 is 44.6. The number of thiocarbonyl (C=S) groups is 1. The topological polar surface area (TPSA) is 25.2 Å². The molecule has 0 saturated heterocycles. The van der Waals surface area contributed by atoms with Gasteiger partial charge in [0.05, 0.1) is 9.27 Å². The molecule has 1 aromatic heterocycles. The smallest absolute Gasteiger partial charge is 0.162 e. The fourth-order valence-corrected chi connectivity index (χ4v) is 0.575. The molecule has 56 valence electrons. The molecule has 3 heteroatoms. The van der Waals surface area contributed by atoms with E-state index in [9.17, 15) is 0 Å². The van der Waals surface area contributed by atoms with Crippen LogP contribution in [0.5, 0.6) is 0 Å². The van der Waals surface area contributed by atoms with Gasteiger partial charge in [-0.2, -0.15) is 4.99 Å². The Hall–Kier alpha value is -1.05. The van der Waals surface area contributed by atoms with Gasteiger partial charge in [0.2, 0.25) is 0 Å². The van der Waals surface area contributed by atoms with E-state index < -0.39 is 31.4 Å². The van der Waals surface area contributed by atoms with Crippen LogP contribution in [0.1, 0.15) is 20.8 Å². The number of nitrogens with zero attached hydrogens (tertiary/aromatic N) is 2. The summed E-state index contributed by atoms with van der Waals surface area (Å²) in [5.74, 6) is -0.256. The molecule has 0 aliphatic rings. The minimum absolute atomic E-state index is 0.256. The highest BCUT2D eigenvalue weighted by atomic mass is 32.1. The molecule has 0 unspecified atom stereocenters. The zero-order valence-electron chi connectivity index (χ0n) is 11.5. The number of aromatic nitrogens is 1. The average Bonchev–Trinajstić information content (AvgIpc) is 2.29. The Bertz CT molecular complexity index is 497. The van der Waals surface area contributed by atoms with Gasteiger partial charge < -0.3 is 0 Å². The molecule has 0 amide bonds. The maximum atomic E-state index is 7.54. The molecule has 0 aliphatic heterocycles. The lowest BCUT2D eigenvalue weighted by molar-refractivity contribution is 1.03. The number of rotatable bonds is 2. The molecular weight excluding hydrogens is 156 g/mol. The number of pyridine rings is 1. The highest BCUT2D eigenvalue weighted by Gasteiger charge is 1.91. The third-order valence-electron chi connectivity index (χ3n) is 0.892. The lowest BCUT2D eigenvalue weighted by Crippen LogP contribution is -1.83. The molecule has 1 aromatic rings. The van der Waals surface area contributed by atoms with Crippen LogP contribution in [-0.2, 0) is 6.37 Å². The largest absolute Gasteiger partial charge is 0.233 e. The van der Waals surface area contributed by atoms with E-state index in [1.807, 2.05) is 5.16 Å². The number of aryl methyl sites for hydroxylation is 1. The molecule has 0 fully saturated rings. The van der Waals surface area contributed by atoms with Gasteiger partial charge in [0.1, 0.15) is 0 Å². The van der Waals surface area contributed by atoms with Crippen LogP contribution in [-0.4, -0.2) is 10.1 Å². The van der Waals surface area contributed by atoms with E-state index in [-0.39, 0.29) is 11.5 Å². The summed E-state index contributed by atoms with van der Waals surface area (Å²) in [4.78, 5) is 7.13. The molecule has 0 aromatic carbocycles. The third-order valence-corrected chi connectivity index (χ3v) is 0.983. The summed E-state index contributed by atoms with van der Waals surface area (Å²) in [5.41, 5.74) is -0.377. The first-order valence-electron chi connectivity index (χ1n) is 5.91. The van der Waals surface area contributed by atoms with Gasteiger partial charge in [0.25, 0.3) is 0 Å². The zero-order chi connectivity index (χ0) is 13.2. The van der Waals surface area contributed by atoms with Crippen LogP contribution < -0.4 is 0 Å². The molecule has 1 rings (SSSR count). The van der Waals surface area contributed by atoms with Crippen molar-refractivity contribution in [3.8, 4) is 0 Å². The highest BCUT2D eigenvalue weighted by molar-refractivity contribution is 7.78. The maximum Gasteiger partial charge on any atom is 0.162 e. The van der Waals surface area contributed by atoms with Crippen molar-refractivity contribution < 1.29 is 8.22 Å². The van der Waals surface area contributed by atoms with E-state index in [4.69, 9.17) is 8.22 Å². The van der Waals surface area contributed by atoms with Gasteiger partial charge in [-0.15, -0.1) is 0 Å². The highest BCUT2D eigenvalue weighted by Crippen LogP contribution is 2.07. The molecule has 11 heavy (non-hydrogen) atoms. The molecule has 0 bridgehead atoms. The van der Waals surface area contributed by atoms with Crippen LogP contribution in [0, 0.1) is 0 Å². The van der Waals surface area contributed by atoms with Crippen molar-refractivity contribution in [3.05, 3.63) is 23.8 Å². The van der Waals surface area contributed by atoms with Crippen LogP contribution in [0.3, 0.4) is 0 Å². The Morgan fingerprint density at radius 2 is 2.91 bits per heavy atom. The van der Waals surface area contributed by atoms with Gasteiger partial charge in [0, 0.05) is 9.81 Å². The fraction of sp³-hybridized carbons (Fsp3) is 0.250. The quantitative estimate of drug-likeness (QED) is 0.503. The molecule has 0 N–H and O–H groups in total. The number of hydrogen-bond donors (Lipinski definition) is 0. The summed E-state index contributed by atoms with van der Waals surface area (Å²) in [6.45, 7) is -0.636. The monoisotopic (exact) mass is 170 g/mol. The lowest BCUT2D eigenvalue weighted by Gasteiger charge is -1.94. The summed E-state index contributed by atoms with van der Waals surface area (Å²) >= 11 is 4.36. The van der Waals surface area contributed by atoms with Crippen molar-refractivity contribution in [2.75, 3.05) is 0 Å². The van der Waals surface area contributed by atoms with Crippen LogP contribution in [0.25, 0.3) is 0 Å². The normalized spacial score (nSPS) is 17.8. The summed E-state index contributed by atoms with van der Waals surface area (Å²) in [6.07, 6.45) is -2.16. The van der Waals surface area contributed by atoms with Gasteiger partial charge in [-0.05, 0) is 30.7 Å². The van der Waals surface area contributed by atoms with E-state index >= 15 is 0 Å². The number of aliphatic imine (C=N–C) groups is 1. The summed E-state index contributed by atoms with van der Waals surface area (Å²) in [6, 6.07) is -1.40. The fourth-order valence-electron chi connectivity index (χ4n) is 0.488. The number of isothiocyanates is 1. The number of hydrogen-bond acceptors (Lipinski definition) is 3. The van der Waals surface area contributed by atoms with E-state index in [0.29, 0.717) is 0 Å². The summed E-state index contributed by atoms with van der Waals surface area (Å²) in [5, 5.41) is 1.98. The first-order chi connectivity index (χ1) is 7.85. The Morgan fingerprint density at radius 3 is 3.64 bits per heavy atom. The molecule has 0 radical (unpaired) electrons. The SMILES string of the molecule is [2H]CC([2H])([2H])c1nc(N=C=S)c([2H])c([2H])c1[2H]. The van der Waals surface area contributed by atoms with Crippen molar-refractivity contribution in [1.29, 1.82) is 0 Å². The average molecular weight is 170 g/mol.